The van der Waals surface area contributed by atoms with E-state index >= 15 is 0 Å². The smallest absolute Gasteiger partial charge is 0.337 e. The summed E-state index contributed by atoms with van der Waals surface area (Å²) in [6, 6.07) is 6.09. The van der Waals surface area contributed by atoms with E-state index in [-0.39, 0.29) is 12.3 Å². The number of esters is 1. The van der Waals surface area contributed by atoms with Crippen molar-refractivity contribution in [3.05, 3.63) is 35.4 Å². The average molecular weight is 235 g/mol. The maximum Gasteiger partial charge on any atom is 0.337 e. The molecule has 1 rings (SSSR count). The van der Waals surface area contributed by atoms with Crippen LogP contribution in [0, 0.1) is 0 Å². The summed E-state index contributed by atoms with van der Waals surface area (Å²) in [4.78, 5) is 32.7. The molecule has 5 heteroatoms. The van der Waals surface area contributed by atoms with E-state index in [1.54, 1.807) is 0 Å². The predicted molar refractivity (Wildman–Crippen MR) is 60.8 cm³/mol. The van der Waals surface area contributed by atoms with E-state index in [0.717, 1.165) is 6.29 Å². The van der Waals surface area contributed by atoms with Gasteiger partial charge in [0, 0.05) is 18.5 Å². The highest BCUT2D eigenvalue weighted by atomic mass is 16.5. The minimum atomic E-state index is -0.446. The minimum Gasteiger partial charge on any atom is -0.465 e. The second-order valence-corrected chi connectivity index (χ2v) is 3.28. The second kappa shape index (κ2) is 6.42. The fourth-order valence-electron chi connectivity index (χ4n) is 1.22. The number of aldehydes is 1. The van der Waals surface area contributed by atoms with Crippen molar-refractivity contribution in [1.82, 2.24) is 5.32 Å². The molecule has 5 nitrogen and oxygen atoms in total. The second-order valence-electron chi connectivity index (χ2n) is 3.28. The highest BCUT2D eigenvalue weighted by Crippen LogP contribution is 2.05. The number of hydrogen-bond donors (Lipinski definition) is 1. The summed E-state index contributed by atoms with van der Waals surface area (Å²) in [7, 11) is 1.29. The minimum absolute atomic E-state index is 0.275. The molecule has 0 aliphatic carbocycles. The van der Waals surface area contributed by atoms with Crippen LogP contribution < -0.4 is 5.32 Å². The molecule has 0 heterocycles. The van der Waals surface area contributed by atoms with E-state index in [4.69, 9.17) is 0 Å². The molecule has 0 radical (unpaired) electrons. The lowest BCUT2D eigenvalue weighted by Gasteiger charge is -2.04. The van der Waals surface area contributed by atoms with Gasteiger partial charge in [-0.2, -0.15) is 0 Å². The molecule has 0 aliphatic heterocycles. The van der Waals surface area contributed by atoms with Gasteiger partial charge in [-0.15, -0.1) is 0 Å². The van der Waals surface area contributed by atoms with Gasteiger partial charge in [-0.25, -0.2) is 4.79 Å². The fraction of sp³-hybridized carbons (Fsp3) is 0.250. The number of rotatable bonds is 5. The highest BCUT2D eigenvalue weighted by Gasteiger charge is 2.08. The quantitative estimate of drug-likeness (QED) is 0.465. The van der Waals surface area contributed by atoms with Crippen LogP contribution in [-0.4, -0.2) is 31.8 Å². The van der Waals surface area contributed by atoms with E-state index in [0.29, 0.717) is 17.7 Å². The number of methoxy groups -OCH3 is 1. The Morgan fingerprint density at radius 1 is 1.24 bits per heavy atom. The molecule has 0 aliphatic rings. The molecule has 0 spiro atoms. The third kappa shape index (κ3) is 3.71. The maximum absolute atomic E-state index is 11.5. The Morgan fingerprint density at radius 2 is 1.82 bits per heavy atom. The zero-order chi connectivity index (χ0) is 12.7. The van der Waals surface area contributed by atoms with Gasteiger partial charge in [0.1, 0.15) is 6.29 Å². The molecule has 0 saturated carbocycles. The number of ether oxygens (including phenoxy) is 1. The van der Waals surface area contributed by atoms with Crippen LogP contribution in [0.2, 0.25) is 0 Å². The van der Waals surface area contributed by atoms with Crippen LogP contribution in [0.25, 0.3) is 0 Å². The van der Waals surface area contributed by atoms with E-state index in [1.165, 1.54) is 31.4 Å². The monoisotopic (exact) mass is 235 g/mol. The molecule has 0 fully saturated rings. The van der Waals surface area contributed by atoms with Crippen LogP contribution in [0.3, 0.4) is 0 Å². The van der Waals surface area contributed by atoms with E-state index in [9.17, 15) is 14.4 Å². The van der Waals surface area contributed by atoms with Crippen molar-refractivity contribution in [3.8, 4) is 0 Å². The molecule has 1 N–H and O–H groups in total. The molecule has 1 aromatic rings. The van der Waals surface area contributed by atoms with Crippen molar-refractivity contribution in [2.24, 2.45) is 0 Å². The first-order chi connectivity index (χ1) is 8.19. The van der Waals surface area contributed by atoms with Crippen LogP contribution in [0.1, 0.15) is 27.1 Å². The summed E-state index contributed by atoms with van der Waals surface area (Å²) in [5.74, 6) is -0.721. The Bertz CT molecular complexity index is 411. The van der Waals surface area contributed by atoms with Gasteiger partial charge in [0.05, 0.1) is 12.7 Å². The fourth-order valence-corrected chi connectivity index (χ4v) is 1.22. The number of benzene rings is 1. The Morgan fingerprint density at radius 3 is 2.35 bits per heavy atom. The summed E-state index contributed by atoms with van der Waals surface area (Å²) >= 11 is 0. The molecule has 0 atom stereocenters. The predicted octanol–water partition coefficient (Wildman–Crippen LogP) is 0.792. The van der Waals surface area contributed by atoms with E-state index in [1.807, 2.05) is 0 Å². The van der Waals surface area contributed by atoms with Gasteiger partial charge in [0.2, 0.25) is 0 Å². The van der Waals surface area contributed by atoms with Crippen LogP contribution in [0.4, 0.5) is 0 Å². The van der Waals surface area contributed by atoms with Gasteiger partial charge < -0.3 is 14.8 Å². The van der Waals surface area contributed by atoms with Crippen molar-refractivity contribution < 1.29 is 19.1 Å². The van der Waals surface area contributed by atoms with E-state index in [2.05, 4.69) is 10.1 Å². The normalized spacial score (nSPS) is 9.47. The molecule has 90 valence electrons. The average Bonchev–Trinajstić information content (AvgIpc) is 2.38. The number of amides is 1. The third-order valence-corrected chi connectivity index (χ3v) is 2.12. The first-order valence-corrected chi connectivity index (χ1v) is 5.09. The van der Waals surface area contributed by atoms with Gasteiger partial charge >= 0.3 is 5.97 Å². The van der Waals surface area contributed by atoms with Gasteiger partial charge in [-0.1, -0.05) is 0 Å². The van der Waals surface area contributed by atoms with Crippen molar-refractivity contribution in [3.63, 3.8) is 0 Å². The topological polar surface area (TPSA) is 72.5 Å². The maximum atomic E-state index is 11.5. The van der Waals surface area contributed by atoms with Crippen molar-refractivity contribution in [1.29, 1.82) is 0 Å². The molecular formula is C12H13NO4. The molecular weight excluding hydrogens is 222 g/mol. The first kappa shape index (κ1) is 12.9. The number of nitrogens with one attached hydrogen (secondary N) is 1. The lowest BCUT2D eigenvalue weighted by molar-refractivity contribution is -0.107. The third-order valence-electron chi connectivity index (χ3n) is 2.12. The molecule has 0 aromatic heterocycles. The standard InChI is InChI=1S/C12H13NO4/c1-17-12(16)10-5-3-9(4-6-10)11(15)13-7-2-8-14/h3-6,8H,2,7H2,1H3,(H,13,15). The van der Waals surface area contributed by atoms with Crippen molar-refractivity contribution in [2.75, 3.05) is 13.7 Å². The summed E-state index contributed by atoms with van der Waals surface area (Å²) in [5.41, 5.74) is 0.820. The van der Waals surface area contributed by atoms with Crippen molar-refractivity contribution in [2.45, 2.75) is 6.42 Å². The largest absolute Gasteiger partial charge is 0.465 e. The molecule has 0 unspecified atom stereocenters. The SMILES string of the molecule is COC(=O)c1ccc(C(=O)NCCC=O)cc1. The highest BCUT2D eigenvalue weighted by molar-refractivity contribution is 5.96. The molecule has 0 bridgehead atoms. The Balaban J connectivity index is 2.63. The Labute approximate surface area is 98.8 Å². The first-order valence-electron chi connectivity index (χ1n) is 5.09. The summed E-state index contributed by atoms with van der Waals surface area (Å²) in [6.45, 7) is 0.307. The lowest BCUT2D eigenvalue weighted by Crippen LogP contribution is -2.24. The van der Waals surface area contributed by atoms with Crippen LogP contribution in [0.5, 0.6) is 0 Å². The van der Waals surface area contributed by atoms with Gasteiger partial charge in [-0.05, 0) is 24.3 Å². The zero-order valence-corrected chi connectivity index (χ0v) is 9.43. The number of hydrogen-bond acceptors (Lipinski definition) is 4. The Hall–Kier alpha value is -2.17. The molecule has 1 aromatic carbocycles. The van der Waals surface area contributed by atoms with Gasteiger partial charge in [0.25, 0.3) is 5.91 Å². The lowest BCUT2D eigenvalue weighted by atomic mass is 10.1. The van der Waals surface area contributed by atoms with E-state index < -0.39 is 5.97 Å². The van der Waals surface area contributed by atoms with Crippen molar-refractivity contribution >= 4 is 18.2 Å². The summed E-state index contributed by atoms with van der Waals surface area (Å²) in [6.07, 6.45) is 1.02. The Kier molecular flexibility index (Phi) is 4.87. The molecule has 0 saturated heterocycles. The molecule has 17 heavy (non-hydrogen) atoms. The number of carbonyl (C=O) groups excluding carboxylic acids is 3. The van der Waals surface area contributed by atoms with Crippen LogP contribution in [-0.2, 0) is 9.53 Å². The summed E-state index contributed by atoms with van der Waals surface area (Å²) < 4.78 is 4.54. The van der Waals surface area contributed by atoms with Crippen LogP contribution >= 0.6 is 0 Å². The summed E-state index contributed by atoms with van der Waals surface area (Å²) in [5, 5.41) is 2.58. The van der Waals surface area contributed by atoms with Gasteiger partial charge in [0.15, 0.2) is 0 Å². The number of carbonyl (C=O) groups is 3. The van der Waals surface area contributed by atoms with Crippen LogP contribution in [0.15, 0.2) is 24.3 Å². The molecule has 1 amide bonds. The van der Waals surface area contributed by atoms with Gasteiger partial charge in [-0.3, -0.25) is 4.79 Å². The zero-order valence-electron chi connectivity index (χ0n) is 9.43.